The molecule has 0 radical (unpaired) electrons. The van der Waals surface area contributed by atoms with Gasteiger partial charge in [0.1, 0.15) is 18.4 Å². The number of nitrogens with zero attached hydrogens (tertiary/aromatic N) is 2. The number of aliphatic hydroxyl groups is 1. The van der Waals surface area contributed by atoms with Gasteiger partial charge in [-0.05, 0) is 26.0 Å². The summed E-state index contributed by atoms with van der Waals surface area (Å²) in [5.41, 5.74) is 1.43. The zero-order valence-electron chi connectivity index (χ0n) is 11.3. The SMILES string of the molecule is Cc1nn(CC(=O)NCC(O)c2ccco2)c(C)c1Cl. The van der Waals surface area contributed by atoms with Crippen molar-refractivity contribution in [2.45, 2.75) is 26.5 Å². The van der Waals surface area contributed by atoms with Crippen LogP contribution >= 0.6 is 11.6 Å². The number of furan rings is 1. The van der Waals surface area contributed by atoms with Crippen LogP contribution in [0.25, 0.3) is 0 Å². The van der Waals surface area contributed by atoms with Crippen molar-refractivity contribution in [2.75, 3.05) is 6.54 Å². The summed E-state index contributed by atoms with van der Waals surface area (Å²) in [4.78, 5) is 11.8. The molecule has 2 aromatic heterocycles. The second-order valence-electron chi connectivity index (χ2n) is 4.48. The first-order valence-corrected chi connectivity index (χ1v) is 6.54. The van der Waals surface area contributed by atoms with Gasteiger partial charge in [-0.3, -0.25) is 9.48 Å². The minimum atomic E-state index is -0.863. The molecule has 0 saturated carbocycles. The first-order chi connectivity index (χ1) is 9.49. The molecule has 7 heteroatoms. The van der Waals surface area contributed by atoms with Gasteiger partial charge in [0, 0.05) is 0 Å². The van der Waals surface area contributed by atoms with Crippen molar-refractivity contribution < 1.29 is 14.3 Å². The fourth-order valence-electron chi connectivity index (χ4n) is 1.81. The Labute approximate surface area is 121 Å². The molecule has 108 valence electrons. The lowest BCUT2D eigenvalue weighted by molar-refractivity contribution is -0.122. The Hall–Kier alpha value is -1.79. The minimum Gasteiger partial charge on any atom is -0.467 e. The van der Waals surface area contributed by atoms with Gasteiger partial charge in [0.25, 0.3) is 0 Å². The van der Waals surface area contributed by atoms with E-state index in [4.69, 9.17) is 16.0 Å². The molecular weight excluding hydrogens is 282 g/mol. The second-order valence-corrected chi connectivity index (χ2v) is 4.86. The molecule has 1 amide bonds. The van der Waals surface area contributed by atoms with Crippen LogP contribution in [0.3, 0.4) is 0 Å². The van der Waals surface area contributed by atoms with Crippen LogP contribution in [0.1, 0.15) is 23.3 Å². The van der Waals surface area contributed by atoms with Crippen molar-refractivity contribution in [1.29, 1.82) is 0 Å². The predicted molar refractivity (Wildman–Crippen MR) is 73.4 cm³/mol. The molecule has 0 fully saturated rings. The summed E-state index contributed by atoms with van der Waals surface area (Å²) < 4.78 is 6.58. The summed E-state index contributed by atoms with van der Waals surface area (Å²) in [6.07, 6.45) is 0.608. The number of aromatic nitrogens is 2. The maximum absolute atomic E-state index is 11.8. The van der Waals surface area contributed by atoms with Crippen LogP contribution in [0.15, 0.2) is 22.8 Å². The summed E-state index contributed by atoms with van der Waals surface area (Å²) in [6.45, 7) is 3.72. The maximum atomic E-state index is 11.8. The van der Waals surface area contributed by atoms with E-state index in [1.165, 1.54) is 10.9 Å². The highest BCUT2D eigenvalue weighted by Crippen LogP contribution is 2.18. The van der Waals surface area contributed by atoms with E-state index in [9.17, 15) is 9.90 Å². The number of carbonyl (C=O) groups is 1. The van der Waals surface area contributed by atoms with Gasteiger partial charge in [-0.2, -0.15) is 5.10 Å². The molecule has 2 N–H and O–H groups in total. The molecular formula is C13H16ClN3O3. The quantitative estimate of drug-likeness (QED) is 0.878. The lowest BCUT2D eigenvalue weighted by Gasteiger charge is -2.10. The van der Waals surface area contributed by atoms with E-state index < -0.39 is 6.10 Å². The Balaban J connectivity index is 1.88. The molecule has 20 heavy (non-hydrogen) atoms. The van der Waals surface area contributed by atoms with Crippen LogP contribution in [0, 0.1) is 13.8 Å². The van der Waals surface area contributed by atoms with Crippen LogP contribution < -0.4 is 5.32 Å². The number of hydrogen-bond donors (Lipinski definition) is 2. The van der Waals surface area contributed by atoms with Crippen molar-refractivity contribution in [3.8, 4) is 0 Å². The van der Waals surface area contributed by atoms with Crippen molar-refractivity contribution >= 4 is 17.5 Å². The lowest BCUT2D eigenvalue weighted by atomic mass is 10.3. The number of carbonyl (C=O) groups excluding carboxylic acids is 1. The molecule has 6 nitrogen and oxygen atoms in total. The Morgan fingerprint density at radius 3 is 2.90 bits per heavy atom. The standard InChI is InChI=1S/C13H16ClN3O3/c1-8-13(14)9(2)17(16-8)7-12(19)15-6-10(18)11-4-3-5-20-11/h3-5,10,18H,6-7H2,1-2H3,(H,15,19). The van der Waals surface area contributed by atoms with E-state index in [1.807, 2.05) is 0 Å². The third-order valence-corrected chi connectivity index (χ3v) is 3.50. The van der Waals surface area contributed by atoms with Gasteiger partial charge in [0.05, 0.1) is 29.2 Å². The Morgan fingerprint density at radius 1 is 1.60 bits per heavy atom. The molecule has 2 heterocycles. The zero-order chi connectivity index (χ0) is 14.7. The van der Waals surface area contributed by atoms with E-state index in [-0.39, 0.29) is 19.0 Å². The first kappa shape index (κ1) is 14.6. The van der Waals surface area contributed by atoms with Gasteiger partial charge in [-0.15, -0.1) is 0 Å². The number of amides is 1. The van der Waals surface area contributed by atoms with Crippen molar-refractivity contribution in [3.63, 3.8) is 0 Å². The molecule has 1 unspecified atom stereocenters. The largest absolute Gasteiger partial charge is 0.467 e. The molecule has 1 atom stereocenters. The maximum Gasteiger partial charge on any atom is 0.241 e. The second kappa shape index (κ2) is 6.11. The van der Waals surface area contributed by atoms with Crippen LogP contribution in [0.5, 0.6) is 0 Å². The fourth-order valence-corrected chi connectivity index (χ4v) is 1.95. The Kier molecular flexibility index (Phi) is 4.46. The normalized spacial score (nSPS) is 12.4. The first-order valence-electron chi connectivity index (χ1n) is 6.16. The molecule has 0 saturated heterocycles. The minimum absolute atomic E-state index is 0.0598. The number of nitrogens with one attached hydrogen (secondary N) is 1. The van der Waals surface area contributed by atoms with E-state index in [0.29, 0.717) is 16.5 Å². The topological polar surface area (TPSA) is 80.3 Å². The highest BCUT2D eigenvalue weighted by Gasteiger charge is 2.14. The van der Waals surface area contributed by atoms with Crippen LogP contribution in [-0.2, 0) is 11.3 Å². The summed E-state index contributed by atoms with van der Waals surface area (Å²) in [5.74, 6) is 0.164. The molecule has 2 rings (SSSR count). The summed E-state index contributed by atoms with van der Waals surface area (Å²) >= 11 is 6.01. The van der Waals surface area contributed by atoms with E-state index in [0.717, 1.165) is 5.69 Å². The van der Waals surface area contributed by atoms with Crippen molar-refractivity contribution in [2.24, 2.45) is 0 Å². The number of hydrogen-bond acceptors (Lipinski definition) is 4. The van der Waals surface area contributed by atoms with Crippen molar-refractivity contribution in [3.05, 3.63) is 40.6 Å². The average Bonchev–Trinajstić information content (AvgIpc) is 3.02. The van der Waals surface area contributed by atoms with Gasteiger partial charge < -0.3 is 14.8 Å². The van der Waals surface area contributed by atoms with Crippen molar-refractivity contribution in [1.82, 2.24) is 15.1 Å². The summed E-state index contributed by atoms with van der Waals surface area (Å²) in [5, 5.41) is 17.1. The third kappa shape index (κ3) is 3.20. The smallest absolute Gasteiger partial charge is 0.241 e. The Bertz CT molecular complexity index is 592. The highest BCUT2D eigenvalue weighted by molar-refractivity contribution is 6.31. The molecule has 0 spiro atoms. The molecule has 0 aliphatic heterocycles. The average molecular weight is 298 g/mol. The number of aryl methyl sites for hydroxylation is 1. The highest BCUT2D eigenvalue weighted by atomic mass is 35.5. The Morgan fingerprint density at radius 2 is 2.35 bits per heavy atom. The number of halogens is 1. The summed E-state index contributed by atoms with van der Waals surface area (Å²) in [7, 11) is 0. The van der Waals surface area contributed by atoms with Crippen LogP contribution in [0.4, 0.5) is 0 Å². The molecule has 0 bridgehead atoms. The van der Waals surface area contributed by atoms with Gasteiger partial charge >= 0.3 is 0 Å². The molecule has 2 aromatic rings. The predicted octanol–water partition coefficient (Wildman–Crippen LogP) is 1.60. The molecule has 0 aliphatic carbocycles. The van der Waals surface area contributed by atoms with E-state index in [2.05, 4.69) is 10.4 Å². The lowest BCUT2D eigenvalue weighted by Crippen LogP contribution is -2.31. The van der Waals surface area contributed by atoms with Gasteiger partial charge in [0.15, 0.2) is 0 Å². The molecule has 0 aliphatic rings. The zero-order valence-corrected chi connectivity index (χ0v) is 12.0. The number of rotatable bonds is 5. The molecule has 0 aromatic carbocycles. The van der Waals surface area contributed by atoms with Crippen LogP contribution in [0.2, 0.25) is 5.02 Å². The van der Waals surface area contributed by atoms with E-state index in [1.54, 1.807) is 26.0 Å². The number of aliphatic hydroxyl groups excluding tert-OH is 1. The summed E-state index contributed by atoms with van der Waals surface area (Å²) in [6, 6.07) is 3.33. The van der Waals surface area contributed by atoms with Crippen LogP contribution in [-0.4, -0.2) is 27.3 Å². The third-order valence-electron chi connectivity index (χ3n) is 2.95. The van der Waals surface area contributed by atoms with E-state index >= 15 is 0 Å². The fraction of sp³-hybridized carbons (Fsp3) is 0.385. The van der Waals surface area contributed by atoms with Gasteiger partial charge in [0.2, 0.25) is 5.91 Å². The monoisotopic (exact) mass is 297 g/mol. The van der Waals surface area contributed by atoms with Gasteiger partial charge in [-0.1, -0.05) is 11.6 Å². The van der Waals surface area contributed by atoms with Gasteiger partial charge in [-0.25, -0.2) is 0 Å².